The number of rotatable bonds is 4. The molecule has 0 fully saturated rings. The Balaban J connectivity index is 0.00000261. The summed E-state index contributed by atoms with van der Waals surface area (Å²) in [5.41, 5.74) is 0.549. The van der Waals surface area contributed by atoms with Crippen LogP contribution in [-0.4, -0.2) is 31.5 Å². The van der Waals surface area contributed by atoms with Gasteiger partial charge in [0.15, 0.2) is 5.69 Å². The largest absolute Gasteiger partial charge is 1.00 e. The molecule has 136 valence electrons. The molecule has 27 heavy (non-hydrogen) atoms. The number of aromatic hydroxyl groups is 1. The zero-order valence-electron chi connectivity index (χ0n) is 13.8. The van der Waals surface area contributed by atoms with Gasteiger partial charge in [-0.2, -0.15) is 5.11 Å². The van der Waals surface area contributed by atoms with Gasteiger partial charge in [0.1, 0.15) is 10.1 Å². The molecule has 0 amide bonds. The number of fused-ring (bicyclic) bond motifs is 1. The second-order valence-corrected chi connectivity index (χ2v) is 8.16. The van der Waals surface area contributed by atoms with E-state index in [0.29, 0.717) is 5.52 Å². The number of primary sulfonamides is 1. The topological polar surface area (TPSA) is 178 Å². The van der Waals surface area contributed by atoms with Crippen LogP contribution >= 0.6 is 0 Å². The number of azo groups is 1. The van der Waals surface area contributed by atoms with Crippen LogP contribution < -0.4 is 34.7 Å². The van der Waals surface area contributed by atoms with Gasteiger partial charge in [-0.05, 0) is 42.5 Å². The fourth-order valence-electron chi connectivity index (χ4n) is 2.21. The Kier molecular flexibility index (Phi) is 6.11. The van der Waals surface area contributed by atoms with Crippen LogP contribution in [0.1, 0.15) is 0 Å². The summed E-state index contributed by atoms with van der Waals surface area (Å²) >= 11 is 0. The first-order chi connectivity index (χ1) is 12.1. The average Bonchev–Trinajstić information content (AvgIpc) is 2.86. The molecule has 4 N–H and O–H groups in total. The number of hydrogen-bond acceptors (Lipinski definition) is 8. The molecule has 0 bridgehead atoms. The van der Waals surface area contributed by atoms with E-state index in [-0.39, 0.29) is 57.1 Å². The van der Waals surface area contributed by atoms with Gasteiger partial charge in [0.05, 0.1) is 21.0 Å². The molecule has 3 rings (SSSR count). The minimum Gasteiger partial charge on any atom is -0.744 e. The van der Waals surface area contributed by atoms with Crippen LogP contribution in [0.2, 0.25) is 0 Å². The van der Waals surface area contributed by atoms with Gasteiger partial charge in [0, 0.05) is 5.39 Å². The van der Waals surface area contributed by atoms with Crippen LogP contribution in [0.3, 0.4) is 0 Å². The van der Waals surface area contributed by atoms with Gasteiger partial charge in [0.25, 0.3) is 0 Å². The fraction of sp³-hybridized carbons (Fsp3) is 0. The maximum absolute atomic E-state index is 11.2. The molecule has 1 heterocycles. The predicted octanol–water partition coefficient (Wildman–Crippen LogP) is -1.16. The first kappa shape index (κ1) is 21.5. The van der Waals surface area contributed by atoms with Crippen molar-refractivity contribution in [3.8, 4) is 5.88 Å². The number of nitrogens with zero attached hydrogens (tertiary/aromatic N) is 2. The van der Waals surface area contributed by atoms with Gasteiger partial charge in [-0.15, -0.1) is 5.11 Å². The Labute approximate surface area is 176 Å². The van der Waals surface area contributed by atoms with Gasteiger partial charge in [-0.25, -0.2) is 22.0 Å². The third kappa shape index (κ3) is 4.73. The minimum atomic E-state index is -4.67. The zero-order chi connectivity index (χ0) is 19.1. The summed E-state index contributed by atoms with van der Waals surface area (Å²) < 4.78 is 55.8. The summed E-state index contributed by atoms with van der Waals surface area (Å²) in [4.78, 5) is 2.01. The van der Waals surface area contributed by atoms with Gasteiger partial charge in [0.2, 0.25) is 15.9 Å². The molecule has 0 saturated heterocycles. The average molecular weight is 418 g/mol. The monoisotopic (exact) mass is 418 g/mol. The van der Waals surface area contributed by atoms with Crippen molar-refractivity contribution >= 4 is 42.4 Å². The normalized spacial score (nSPS) is 12.4. The van der Waals surface area contributed by atoms with E-state index in [2.05, 4.69) is 15.2 Å². The molecule has 3 aromatic rings. The molecule has 2 aromatic carbocycles. The van der Waals surface area contributed by atoms with Gasteiger partial charge < -0.3 is 14.6 Å². The summed E-state index contributed by atoms with van der Waals surface area (Å²) in [6, 6.07) is 8.67. The van der Waals surface area contributed by atoms with Gasteiger partial charge in [-0.1, -0.05) is 0 Å². The van der Waals surface area contributed by atoms with Crippen LogP contribution in [0.15, 0.2) is 62.5 Å². The molecule has 13 heteroatoms. The Hall–Kier alpha value is -1.80. The predicted molar refractivity (Wildman–Crippen MR) is 89.9 cm³/mol. The number of aromatic amines is 1. The number of aromatic nitrogens is 1. The van der Waals surface area contributed by atoms with Crippen molar-refractivity contribution < 1.29 is 56.1 Å². The molecule has 0 aliphatic rings. The number of nitrogens with two attached hydrogens (primary N) is 1. The second kappa shape index (κ2) is 7.67. The van der Waals surface area contributed by atoms with Crippen LogP contribution in [0.5, 0.6) is 5.88 Å². The zero-order valence-corrected chi connectivity index (χ0v) is 17.5. The Morgan fingerprint density at radius 1 is 0.963 bits per heavy atom. The maximum Gasteiger partial charge on any atom is 1.00 e. The SMILES string of the molecule is NS(=O)(=O)c1ccc(N=Nc2c(O)[nH]c3ccc(S(=O)(=O)[O-])cc23)cc1.[Na+]. The molecule has 0 atom stereocenters. The molecular weight excluding hydrogens is 407 g/mol. The number of benzene rings is 2. The van der Waals surface area contributed by atoms with E-state index >= 15 is 0 Å². The van der Waals surface area contributed by atoms with E-state index < -0.39 is 25.0 Å². The first-order valence-corrected chi connectivity index (χ1v) is 9.86. The van der Waals surface area contributed by atoms with E-state index in [0.717, 1.165) is 12.1 Å². The molecule has 0 radical (unpaired) electrons. The molecule has 0 unspecified atom stereocenters. The smallest absolute Gasteiger partial charge is 0.744 e. The third-order valence-electron chi connectivity index (χ3n) is 3.44. The summed E-state index contributed by atoms with van der Waals surface area (Å²) in [6.07, 6.45) is 0. The van der Waals surface area contributed by atoms with Crippen molar-refractivity contribution in [3.63, 3.8) is 0 Å². The van der Waals surface area contributed by atoms with E-state index in [1.54, 1.807) is 0 Å². The number of sulfonamides is 1. The maximum atomic E-state index is 11.2. The van der Waals surface area contributed by atoms with Crippen LogP contribution in [0, 0.1) is 0 Å². The molecule has 1 aromatic heterocycles. The van der Waals surface area contributed by atoms with E-state index in [1.807, 2.05) is 0 Å². The van der Waals surface area contributed by atoms with Crippen LogP contribution in [-0.2, 0) is 20.1 Å². The molecule has 0 aliphatic heterocycles. The summed E-state index contributed by atoms with van der Waals surface area (Å²) in [5.74, 6) is -0.370. The van der Waals surface area contributed by atoms with E-state index in [9.17, 15) is 26.5 Å². The second-order valence-electron chi connectivity index (χ2n) is 5.22. The molecule has 0 spiro atoms. The van der Waals surface area contributed by atoms with Crippen molar-refractivity contribution in [3.05, 3.63) is 42.5 Å². The molecule has 10 nitrogen and oxygen atoms in total. The third-order valence-corrected chi connectivity index (χ3v) is 5.20. The quantitative estimate of drug-likeness (QED) is 0.273. The van der Waals surface area contributed by atoms with Gasteiger partial charge in [-0.3, -0.25) is 0 Å². The summed E-state index contributed by atoms with van der Waals surface area (Å²) in [5, 5.41) is 22.8. The Bertz CT molecular complexity index is 1230. The van der Waals surface area contributed by atoms with Crippen LogP contribution in [0.25, 0.3) is 10.9 Å². The minimum absolute atomic E-state index is 0. The fourth-order valence-corrected chi connectivity index (χ4v) is 3.22. The van der Waals surface area contributed by atoms with E-state index in [1.165, 1.54) is 30.3 Å². The summed E-state index contributed by atoms with van der Waals surface area (Å²) in [7, 11) is -8.51. The van der Waals surface area contributed by atoms with Crippen LogP contribution in [0.4, 0.5) is 11.4 Å². The Morgan fingerprint density at radius 2 is 1.56 bits per heavy atom. The number of nitrogens with one attached hydrogen (secondary N) is 1. The van der Waals surface area contributed by atoms with Crippen molar-refractivity contribution in [2.45, 2.75) is 9.79 Å². The molecule has 0 saturated carbocycles. The molecule has 0 aliphatic carbocycles. The van der Waals surface area contributed by atoms with E-state index in [4.69, 9.17) is 5.14 Å². The standard InChI is InChI=1S/C14H12N4O6S2.Na/c15-25(20,21)9-3-1-8(2-4-9)17-18-13-11-7-10(26(22,23)24)5-6-12(11)16-14(13)19;/h1-7,16,19H,(H2,15,20,21)(H,22,23,24);/q;+1/p-1. The van der Waals surface area contributed by atoms with Crippen molar-refractivity contribution in [1.29, 1.82) is 0 Å². The van der Waals surface area contributed by atoms with Crippen molar-refractivity contribution in [2.24, 2.45) is 15.4 Å². The Morgan fingerprint density at radius 3 is 2.11 bits per heavy atom. The summed E-state index contributed by atoms with van der Waals surface area (Å²) in [6.45, 7) is 0. The van der Waals surface area contributed by atoms with Gasteiger partial charge >= 0.3 is 29.6 Å². The molecular formula is C14H11N4NaO6S2. The number of hydrogen-bond donors (Lipinski definition) is 3. The van der Waals surface area contributed by atoms with Crippen molar-refractivity contribution in [2.75, 3.05) is 0 Å². The number of H-pyrrole nitrogens is 1. The first-order valence-electron chi connectivity index (χ1n) is 6.91. The van der Waals surface area contributed by atoms with Crippen molar-refractivity contribution in [1.82, 2.24) is 4.98 Å².